The summed E-state index contributed by atoms with van der Waals surface area (Å²) in [6.45, 7) is 7.88. The van der Waals surface area contributed by atoms with Crippen LogP contribution >= 0.6 is 0 Å². The monoisotopic (exact) mass is 399 g/mol. The lowest BCUT2D eigenvalue weighted by molar-refractivity contribution is 0.615. The highest BCUT2D eigenvalue weighted by Crippen LogP contribution is 2.32. The van der Waals surface area contributed by atoms with Crippen LogP contribution in [0.4, 0.5) is 5.82 Å². The molecule has 0 aliphatic carbocycles. The van der Waals surface area contributed by atoms with E-state index in [1.807, 2.05) is 12.1 Å². The Morgan fingerprint density at radius 3 is 2.23 bits per heavy atom. The fraction of sp³-hybridized carbons (Fsp3) is 0.292. The summed E-state index contributed by atoms with van der Waals surface area (Å²) in [6, 6.07) is 16.5. The third-order valence-corrected chi connectivity index (χ3v) is 5.48. The second-order valence-corrected chi connectivity index (χ2v) is 7.87. The normalized spacial score (nSPS) is 14.8. The fourth-order valence-electron chi connectivity index (χ4n) is 3.73. The number of nitrogens with zero attached hydrogens (tertiary/aromatic N) is 4. The molecule has 5 rings (SSSR count). The van der Waals surface area contributed by atoms with Crippen LogP contribution in [0.15, 0.2) is 52.9 Å². The molecule has 0 unspecified atom stereocenters. The molecule has 0 bridgehead atoms. The van der Waals surface area contributed by atoms with Crippen LogP contribution in [0.5, 0.6) is 0 Å². The fourth-order valence-corrected chi connectivity index (χ4v) is 3.73. The molecule has 3 heterocycles. The van der Waals surface area contributed by atoms with Gasteiger partial charge in [0.05, 0.1) is 0 Å². The highest BCUT2D eigenvalue weighted by molar-refractivity contribution is 5.85. The Kier molecular flexibility index (Phi) is 4.93. The average Bonchev–Trinajstić information content (AvgIpc) is 3.00. The molecule has 2 aromatic heterocycles. The van der Waals surface area contributed by atoms with Crippen LogP contribution < -0.4 is 10.2 Å². The zero-order valence-corrected chi connectivity index (χ0v) is 17.4. The van der Waals surface area contributed by atoms with E-state index in [2.05, 4.69) is 60.5 Å². The first kappa shape index (κ1) is 18.8. The molecule has 0 spiro atoms. The van der Waals surface area contributed by atoms with Gasteiger partial charge in [0.1, 0.15) is 0 Å². The maximum Gasteiger partial charge on any atom is 0.229 e. The van der Waals surface area contributed by atoms with E-state index in [9.17, 15) is 0 Å². The van der Waals surface area contributed by atoms with E-state index >= 15 is 0 Å². The molecule has 30 heavy (non-hydrogen) atoms. The number of aryl methyl sites for hydroxylation is 2. The summed E-state index contributed by atoms with van der Waals surface area (Å²) in [7, 11) is 0. The summed E-state index contributed by atoms with van der Waals surface area (Å²) in [5.74, 6) is 2.08. The zero-order chi connectivity index (χ0) is 20.5. The van der Waals surface area contributed by atoms with Crippen LogP contribution in [0.1, 0.15) is 17.5 Å². The number of hydrogen-bond acceptors (Lipinski definition) is 6. The third kappa shape index (κ3) is 3.66. The summed E-state index contributed by atoms with van der Waals surface area (Å²) in [5.41, 5.74) is 5.60. The van der Waals surface area contributed by atoms with Gasteiger partial charge in [-0.05, 0) is 38.9 Å². The molecule has 152 valence electrons. The molecular formula is C24H25N5O. The molecule has 0 saturated carbocycles. The van der Waals surface area contributed by atoms with Crippen molar-refractivity contribution < 1.29 is 4.42 Å². The van der Waals surface area contributed by atoms with Gasteiger partial charge in [-0.3, -0.25) is 0 Å². The van der Waals surface area contributed by atoms with Crippen molar-refractivity contribution in [2.75, 3.05) is 31.1 Å². The second-order valence-electron chi connectivity index (χ2n) is 7.87. The van der Waals surface area contributed by atoms with Gasteiger partial charge in [0.25, 0.3) is 0 Å². The van der Waals surface area contributed by atoms with Gasteiger partial charge in [0.15, 0.2) is 11.6 Å². The molecule has 2 aromatic carbocycles. The van der Waals surface area contributed by atoms with Crippen LogP contribution in [-0.4, -0.2) is 41.1 Å². The first-order valence-electron chi connectivity index (χ1n) is 10.5. The minimum absolute atomic E-state index is 0.578. The number of aromatic nitrogens is 3. The molecule has 1 aliphatic heterocycles. The lowest BCUT2D eigenvalue weighted by Crippen LogP contribution is -2.29. The van der Waals surface area contributed by atoms with E-state index in [1.54, 1.807) is 0 Å². The summed E-state index contributed by atoms with van der Waals surface area (Å²) in [6.07, 6.45) is 1.06. The largest absolute Gasteiger partial charge is 0.430 e. The predicted molar refractivity (Wildman–Crippen MR) is 120 cm³/mol. The molecule has 0 amide bonds. The van der Waals surface area contributed by atoms with Gasteiger partial charge in [0, 0.05) is 30.8 Å². The molecule has 1 aliphatic rings. The van der Waals surface area contributed by atoms with Crippen LogP contribution in [-0.2, 0) is 0 Å². The Labute approximate surface area is 176 Å². The summed E-state index contributed by atoms with van der Waals surface area (Å²) in [4.78, 5) is 16.7. The Balaban J connectivity index is 1.66. The van der Waals surface area contributed by atoms with Gasteiger partial charge >= 0.3 is 0 Å². The van der Waals surface area contributed by atoms with Crippen molar-refractivity contribution in [2.24, 2.45) is 0 Å². The van der Waals surface area contributed by atoms with E-state index in [0.717, 1.165) is 49.5 Å². The molecule has 1 saturated heterocycles. The highest BCUT2D eigenvalue weighted by Gasteiger charge is 2.22. The number of fused-ring (bicyclic) bond motifs is 1. The van der Waals surface area contributed by atoms with Crippen molar-refractivity contribution in [3.05, 3.63) is 59.7 Å². The van der Waals surface area contributed by atoms with Crippen molar-refractivity contribution in [1.29, 1.82) is 0 Å². The molecule has 1 fully saturated rings. The summed E-state index contributed by atoms with van der Waals surface area (Å²) in [5, 5.41) is 3.45. The molecular weight excluding hydrogens is 374 g/mol. The number of benzene rings is 2. The van der Waals surface area contributed by atoms with Crippen molar-refractivity contribution in [3.8, 4) is 22.8 Å². The van der Waals surface area contributed by atoms with Crippen molar-refractivity contribution >= 4 is 17.0 Å². The quantitative estimate of drug-likeness (QED) is 0.552. The summed E-state index contributed by atoms with van der Waals surface area (Å²) < 4.78 is 6.23. The lowest BCUT2D eigenvalue weighted by atomic mass is 10.1. The minimum Gasteiger partial charge on any atom is -0.430 e. The molecule has 0 radical (unpaired) electrons. The van der Waals surface area contributed by atoms with Crippen molar-refractivity contribution in [1.82, 2.24) is 20.3 Å². The minimum atomic E-state index is 0.578. The highest BCUT2D eigenvalue weighted by atomic mass is 16.4. The van der Waals surface area contributed by atoms with Gasteiger partial charge < -0.3 is 14.6 Å². The molecule has 4 aromatic rings. The Morgan fingerprint density at radius 2 is 1.50 bits per heavy atom. The van der Waals surface area contributed by atoms with Gasteiger partial charge in [-0.2, -0.15) is 4.98 Å². The van der Waals surface area contributed by atoms with E-state index in [0.29, 0.717) is 22.9 Å². The van der Waals surface area contributed by atoms with E-state index in [1.165, 1.54) is 11.1 Å². The van der Waals surface area contributed by atoms with Crippen molar-refractivity contribution in [3.63, 3.8) is 0 Å². The SMILES string of the molecule is Cc1ccc(-c2nc(N3CCCNCC3)c3oc(-c4ccc(C)cc4)nc3n2)cc1. The number of hydrogen-bond donors (Lipinski definition) is 1. The van der Waals surface area contributed by atoms with E-state index in [-0.39, 0.29) is 0 Å². The topological polar surface area (TPSA) is 67.1 Å². The maximum atomic E-state index is 6.23. The average molecular weight is 399 g/mol. The first-order chi connectivity index (χ1) is 14.7. The van der Waals surface area contributed by atoms with Gasteiger partial charge in [0.2, 0.25) is 17.1 Å². The molecule has 0 atom stereocenters. The Bertz CT molecular complexity index is 1160. The summed E-state index contributed by atoms with van der Waals surface area (Å²) >= 11 is 0. The number of anilines is 1. The van der Waals surface area contributed by atoms with Crippen LogP contribution in [0, 0.1) is 13.8 Å². The molecule has 6 heteroatoms. The smallest absolute Gasteiger partial charge is 0.229 e. The van der Waals surface area contributed by atoms with Crippen LogP contribution in [0.25, 0.3) is 34.1 Å². The number of oxazole rings is 1. The molecule has 1 N–H and O–H groups in total. The predicted octanol–water partition coefficient (Wildman–Crippen LogP) is 4.37. The van der Waals surface area contributed by atoms with Crippen LogP contribution in [0.2, 0.25) is 0 Å². The van der Waals surface area contributed by atoms with E-state index in [4.69, 9.17) is 19.4 Å². The Morgan fingerprint density at radius 1 is 0.800 bits per heavy atom. The van der Waals surface area contributed by atoms with E-state index < -0.39 is 0 Å². The molecule has 6 nitrogen and oxygen atoms in total. The van der Waals surface area contributed by atoms with Gasteiger partial charge in [-0.15, -0.1) is 0 Å². The number of rotatable bonds is 3. The van der Waals surface area contributed by atoms with Gasteiger partial charge in [-0.25, -0.2) is 9.97 Å². The standard InChI is InChI=1S/C24H25N5O/c1-16-4-8-18(9-5-16)21-26-22-20(23(27-21)29-14-3-12-25-13-15-29)30-24(28-22)19-10-6-17(2)7-11-19/h4-11,25H,3,12-15H2,1-2H3. The number of nitrogens with one attached hydrogen (secondary N) is 1. The first-order valence-corrected chi connectivity index (χ1v) is 10.5. The second kappa shape index (κ2) is 7.88. The van der Waals surface area contributed by atoms with Crippen LogP contribution in [0.3, 0.4) is 0 Å². The third-order valence-electron chi connectivity index (χ3n) is 5.48. The Hall–Kier alpha value is -3.25. The van der Waals surface area contributed by atoms with Gasteiger partial charge in [-0.1, -0.05) is 47.5 Å². The van der Waals surface area contributed by atoms with Crippen molar-refractivity contribution in [2.45, 2.75) is 20.3 Å². The zero-order valence-electron chi connectivity index (χ0n) is 17.4. The maximum absolute atomic E-state index is 6.23. The lowest BCUT2D eigenvalue weighted by Gasteiger charge is -2.21.